The number of amides is 1. The Hall–Kier alpha value is -2.02. The summed E-state index contributed by atoms with van der Waals surface area (Å²) >= 11 is 1.39. The van der Waals surface area contributed by atoms with Gasteiger partial charge in [-0.25, -0.2) is 9.37 Å². The minimum absolute atomic E-state index is 0.0778. The molecule has 1 aliphatic rings. The number of piperidine rings is 1. The second-order valence-corrected chi connectivity index (χ2v) is 8.33. The third kappa shape index (κ3) is 5.25. The van der Waals surface area contributed by atoms with Gasteiger partial charge >= 0.3 is 0 Å². The van der Waals surface area contributed by atoms with Gasteiger partial charge in [0, 0.05) is 43.0 Å². The van der Waals surface area contributed by atoms with E-state index in [1.54, 1.807) is 12.1 Å². The second kappa shape index (κ2) is 8.78. The second-order valence-electron chi connectivity index (χ2n) is 7.60. The number of benzene rings is 1. The van der Waals surface area contributed by atoms with Crippen LogP contribution in [0.2, 0.25) is 0 Å². The van der Waals surface area contributed by atoms with Crippen molar-refractivity contribution in [1.29, 1.82) is 0 Å². The predicted octanol–water partition coefficient (Wildman–Crippen LogP) is 3.65. The molecule has 2 aromatic rings. The smallest absolute Gasteiger partial charge is 0.223 e. The van der Waals surface area contributed by atoms with Crippen LogP contribution in [0.1, 0.15) is 45.0 Å². The zero-order valence-electron chi connectivity index (χ0n) is 16.1. The third-order valence-corrected chi connectivity index (χ3v) is 6.05. The fourth-order valence-electron chi connectivity index (χ4n) is 3.07. The molecule has 1 N–H and O–H groups in total. The number of carbonyl (C=O) groups excluding carboxylic acids is 1. The van der Waals surface area contributed by atoms with E-state index in [0.29, 0.717) is 12.3 Å². The fraction of sp³-hybridized carbons (Fsp3) is 0.550. The largest absolute Gasteiger partial charge is 0.353 e. The van der Waals surface area contributed by atoms with E-state index in [4.69, 9.17) is 0 Å². The molecular formula is C20H27FN4OS. The summed E-state index contributed by atoms with van der Waals surface area (Å²) in [6.07, 6.45) is 2.27. The van der Waals surface area contributed by atoms with Crippen LogP contribution in [0.25, 0.3) is 0 Å². The molecular weight excluding hydrogens is 363 g/mol. The number of hydrogen-bond donors (Lipinski definition) is 1. The zero-order chi connectivity index (χ0) is 19.4. The summed E-state index contributed by atoms with van der Waals surface area (Å²) in [5.41, 5.74) is 0.996. The van der Waals surface area contributed by atoms with Crippen molar-refractivity contribution in [3.8, 4) is 0 Å². The zero-order valence-corrected chi connectivity index (χ0v) is 16.9. The van der Waals surface area contributed by atoms with E-state index in [0.717, 1.165) is 42.5 Å². The van der Waals surface area contributed by atoms with E-state index in [-0.39, 0.29) is 23.7 Å². The molecule has 0 bridgehead atoms. The van der Waals surface area contributed by atoms with Crippen molar-refractivity contribution in [2.24, 2.45) is 11.8 Å². The molecule has 5 nitrogen and oxygen atoms in total. The lowest BCUT2D eigenvalue weighted by molar-refractivity contribution is -0.126. The highest BCUT2D eigenvalue weighted by Crippen LogP contribution is 2.25. The van der Waals surface area contributed by atoms with Gasteiger partial charge in [-0.1, -0.05) is 26.0 Å². The number of carbonyl (C=O) groups is 1. The average molecular weight is 391 g/mol. The van der Waals surface area contributed by atoms with E-state index in [1.165, 1.54) is 23.7 Å². The first kappa shape index (κ1) is 19.7. The van der Waals surface area contributed by atoms with Crippen molar-refractivity contribution in [3.05, 3.63) is 41.5 Å². The summed E-state index contributed by atoms with van der Waals surface area (Å²) in [7, 11) is 0. The van der Waals surface area contributed by atoms with Gasteiger partial charge < -0.3 is 10.2 Å². The Morgan fingerprint density at radius 3 is 2.56 bits per heavy atom. The first-order chi connectivity index (χ1) is 12.9. The molecule has 0 spiro atoms. The molecule has 1 aromatic carbocycles. The molecule has 1 fully saturated rings. The summed E-state index contributed by atoms with van der Waals surface area (Å²) in [6.45, 7) is 7.93. The minimum atomic E-state index is -0.236. The maximum atomic E-state index is 13.0. The number of nitrogens with one attached hydrogen (secondary N) is 1. The number of hydrogen-bond acceptors (Lipinski definition) is 5. The lowest BCUT2D eigenvalue weighted by atomic mass is 9.95. The first-order valence-corrected chi connectivity index (χ1v) is 10.3. The van der Waals surface area contributed by atoms with Gasteiger partial charge in [0.05, 0.1) is 0 Å². The molecule has 1 aromatic heterocycles. The molecule has 2 heterocycles. The van der Waals surface area contributed by atoms with Gasteiger partial charge in [-0.3, -0.25) is 4.79 Å². The molecule has 146 valence electrons. The SMILES string of the molecule is CC(C)C(C)NC(=O)C1CCN(c2nc(Cc3ccc(F)cc3)ns2)CC1. The lowest BCUT2D eigenvalue weighted by Gasteiger charge is -2.31. The van der Waals surface area contributed by atoms with Crippen LogP contribution in [0.3, 0.4) is 0 Å². The molecule has 1 atom stereocenters. The minimum Gasteiger partial charge on any atom is -0.353 e. The Morgan fingerprint density at radius 2 is 1.93 bits per heavy atom. The van der Waals surface area contributed by atoms with E-state index >= 15 is 0 Å². The molecule has 3 rings (SSSR count). The van der Waals surface area contributed by atoms with Gasteiger partial charge in [0.15, 0.2) is 0 Å². The van der Waals surface area contributed by atoms with Gasteiger partial charge in [0.25, 0.3) is 0 Å². The monoisotopic (exact) mass is 390 g/mol. The normalized spacial score (nSPS) is 16.6. The van der Waals surface area contributed by atoms with E-state index < -0.39 is 0 Å². The number of rotatable bonds is 6. The van der Waals surface area contributed by atoms with Crippen molar-refractivity contribution in [2.75, 3.05) is 18.0 Å². The summed E-state index contributed by atoms with van der Waals surface area (Å²) in [4.78, 5) is 19.2. The fourth-order valence-corrected chi connectivity index (χ4v) is 3.81. The first-order valence-electron chi connectivity index (χ1n) is 9.54. The summed E-state index contributed by atoms with van der Waals surface area (Å²) in [6, 6.07) is 6.64. The highest BCUT2D eigenvalue weighted by atomic mass is 32.1. The number of aromatic nitrogens is 2. The Bertz CT molecular complexity index is 754. The molecule has 7 heteroatoms. The standard InChI is InChI=1S/C20H27FN4OS/c1-13(2)14(3)22-19(26)16-8-10-25(11-9-16)20-23-18(24-27-20)12-15-4-6-17(21)7-5-15/h4-7,13-14,16H,8-12H2,1-3H3,(H,22,26). The van der Waals surface area contributed by atoms with E-state index in [9.17, 15) is 9.18 Å². The molecule has 1 aliphatic heterocycles. The summed E-state index contributed by atoms with van der Waals surface area (Å²) < 4.78 is 17.4. The Morgan fingerprint density at radius 1 is 1.26 bits per heavy atom. The van der Waals surface area contributed by atoms with Crippen LogP contribution in [-0.4, -0.2) is 34.4 Å². The topological polar surface area (TPSA) is 58.1 Å². The molecule has 0 aliphatic carbocycles. The highest BCUT2D eigenvalue weighted by Gasteiger charge is 2.27. The molecule has 1 amide bonds. The van der Waals surface area contributed by atoms with Crippen LogP contribution < -0.4 is 10.2 Å². The number of nitrogens with zero attached hydrogens (tertiary/aromatic N) is 3. The van der Waals surface area contributed by atoms with Gasteiger partial charge in [-0.15, -0.1) is 0 Å². The molecule has 1 saturated heterocycles. The van der Waals surface area contributed by atoms with Crippen LogP contribution in [0, 0.1) is 17.7 Å². The summed E-state index contributed by atoms with van der Waals surface area (Å²) in [5.74, 6) is 1.21. The van der Waals surface area contributed by atoms with Crippen LogP contribution in [0.4, 0.5) is 9.52 Å². The Labute approximate surface area is 164 Å². The van der Waals surface area contributed by atoms with Crippen molar-refractivity contribution in [3.63, 3.8) is 0 Å². The van der Waals surface area contributed by atoms with Crippen molar-refractivity contribution >= 4 is 22.6 Å². The van der Waals surface area contributed by atoms with Crippen LogP contribution >= 0.6 is 11.5 Å². The molecule has 27 heavy (non-hydrogen) atoms. The van der Waals surface area contributed by atoms with Gasteiger partial charge in [-0.2, -0.15) is 4.37 Å². The highest BCUT2D eigenvalue weighted by molar-refractivity contribution is 7.09. The molecule has 0 radical (unpaired) electrons. The molecule has 0 saturated carbocycles. The Kier molecular flexibility index (Phi) is 6.42. The van der Waals surface area contributed by atoms with Crippen molar-refractivity contribution in [1.82, 2.24) is 14.7 Å². The lowest BCUT2D eigenvalue weighted by Crippen LogP contribution is -2.44. The van der Waals surface area contributed by atoms with Crippen LogP contribution in [0.5, 0.6) is 0 Å². The number of anilines is 1. The average Bonchev–Trinajstić information content (AvgIpc) is 3.12. The summed E-state index contributed by atoms with van der Waals surface area (Å²) in [5, 5.41) is 4.03. The van der Waals surface area contributed by atoms with Crippen LogP contribution in [-0.2, 0) is 11.2 Å². The quantitative estimate of drug-likeness (QED) is 0.818. The molecule has 1 unspecified atom stereocenters. The predicted molar refractivity (Wildman–Crippen MR) is 106 cm³/mol. The van der Waals surface area contributed by atoms with Crippen molar-refractivity contribution < 1.29 is 9.18 Å². The van der Waals surface area contributed by atoms with Gasteiger partial charge in [0.2, 0.25) is 11.0 Å². The maximum Gasteiger partial charge on any atom is 0.223 e. The van der Waals surface area contributed by atoms with Gasteiger partial charge in [0.1, 0.15) is 11.6 Å². The third-order valence-electron chi connectivity index (χ3n) is 5.24. The maximum absolute atomic E-state index is 13.0. The van der Waals surface area contributed by atoms with E-state index in [2.05, 4.69) is 40.3 Å². The van der Waals surface area contributed by atoms with Gasteiger partial charge in [-0.05, 0) is 43.4 Å². The van der Waals surface area contributed by atoms with E-state index in [1.807, 2.05) is 0 Å². The van der Waals surface area contributed by atoms with Crippen molar-refractivity contribution in [2.45, 2.75) is 46.1 Å². The van der Waals surface area contributed by atoms with Crippen LogP contribution in [0.15, 0.2) is 24.3 Å². The number of halogens is 1. The Balaban J connectivity index is 1.52.